The molecular weight excluding hydrogens is 138 g/mol. The number of halogens is 2. The maximum atomic E-state index is 11.1. The summed E-state index contributed by atoms with van der Waals surface area (Å²) in [5.74, 6) is 0. The molecule has 0 aromatic carbocycles. The molecule has 0 rings (SSSR count). The van der Waals surface area contributed by atoms with Crippen LogP contribution in [0.4, 0.5) is 8.78 Å². The number of rotatable bonds is 1. The van der Waals surface area contributed by atoms with Crippen molar-refractivity contribution < 1.29 is 8.78 Å². The fourth-order valence-corrected chi connectivity index (χ4v) is 0.0423. The summed E-state index contributed by atoms with van der Waals surface area (Å²) in [7, 11) is 0. The first-order chi connectivity index (χ1) is 4.68. The summed E-state index contributed by atoms with van der Waals surface area (Å²) in [4.78, 5) is 0. The zero-order valence-corrected chi connectivity index (χ0v) is 5.64. The van der Waals surface area contributed by atoms with Gasteiger partial charge in [-0.2, -0.15) is 10.5 Å². The smallest absolute Gasteiger partial charge is 0.183 e. The van der Waals surface area contributed by atoms with Gasteiger partial charge in [0.05, 0.1) is 18.6 Å². The fourth-order valence-electron chi connectivity index (χ4n) is 0.0423. The molecule has 0 spiro atoms. The molecular formula is C6H8F2N2. The third-order valence-electron chi connectivity index (χ3n) is 0.384. The van der Waals surface area contributed by atoms with Gasteiger partial charge in [0.1, 0.15) is 6.67 Å². The van der Waals surface area contributed by atoms with E-state index in [0.717, 1.165) is 0 Å². The Labute approximate surface area is 58.7 Å². The minimum atomic E-state index is -1.31. The summed E-state index contributed by atoms with van der Waals surface area (Å²) in [5, 5.41) is 15.1. The molecule has 1 atom stereocenters. The third kappa shape index (κ3) is 28.9. The molecule has 10 heavy (non-hydrogen) atoms. The van der Waals surface area contributed by atoms with Crippen molar-refractivity contribution in [2.24, 2.45) is 0 Å². The molecule has 0 bridgehead atoms. The zero-order valence-electron chi connectivity index (χ0n) is 5.64. The average molecular weight is 146 g/mol. The van der Waals surface area contributed by atoms with E-state index in [2.05, 4.69) is 0 Å². The van der Waals surface area contributed by atoms with Gasteiger partial charge in [-0.3, -0.25) is 0 Å². The van der Waals surface area contributed by atoms with Gasteiger partial charge in [0.25, 0.3) is 0 Å². The largest absolute Gasteiger partial charge is 0.250 e. The van der Waals surface area contributed by atoms with Crippen molar-refractivity contribution in [3.63, 3.8) is 0 Å². The second-order valence-corrected chi connectivity index (χ2v) is 1.34. The molecule has 0 N–H and O–H groups in total. The van der Waals surface area contributed by atoms with Crippen LogP contribution in [0.1, 0.15) is 13.3 Å². The van der Waals surface area contributed by atoms with Gasteiger partial charge in [-0.25, -0.2) is 8.78 Å². The van der Waals surface area contributed by atoms with Crippen LogP contribution in [-0.4, -0.2) is 12.8 Å². The van der Waals surface area contributed by atoms with Gasteiger partial charge >= 0.3 is 0 Å². The van der Waals surface area contributed by atoms with Crippen molar-refractivity contribution in [1.82, 2.24) is 0 Å². The summed E-state index contributed by atoms with van der Waals surface area (Å²) >= 11 is 0. The molecule has 0 saturated heterocycles. The molecule has 0 radical (unpaired) electrons. The van der Waals surface area contributed by atoms with Gasteiger partial charge in [-0.15, -0.1) is 0 Å². The van der Waals surface area contributed by atoms with Crippen LogP contribution in [0.25, 0.3) is 0 Å². The van der Waals surface area contributed by atoms with E-state index in [0.29, 0.717) is 0 Å². The first-order valence-corrected chi connectivity index (χ1v) is 2.65. The van der Waals surface area contributed by atoms with Crippen LogP contribution < -0.4 is 0 Å². The number of hydrogen-bond donors (Lipinski definition) is 0. The molecule has 0 aromatic heterocycles. The Morgan fingerprint density at radius 2 is 1.90 bits per heavy atom. The van der Waals surface area contributed by atoms with Crippen molar-refractivity contribution in [3.05, 3.63) is 0 Å². The summed E-state index contributed by atoms with van der Waals surface area (Å²) in [5.41, 5.74) is 0. The lowest BCUT2D eigenvalue weighted by molar-refractivity contribution is 0.439. The van der Waals surface area contributed by atoms with Gasteiger partial charge in [-0.05, 0) is 6.92 Å². The van der Waals surface area contributed by atoms with E-state index in [1.54, 1.807) is 6.07 Å². The first-order valence-electron chi connectivity index (χ1n) is 2.65. The van der Waals surface area contributed by atoms with E-state index in [-0.39, 0.29) is 6.42 Å². The van der Waals surface area contributed by atoms with E-state index in [9.17, 15) is 8.78 Å². The van der Waals surface area contributed by atoms with Crippen LogP contribution in [0.2, 0.25) is 0 Å². The molecule has 56 valence electrons. The van der Waals surface area contributed by atoms with E-state index in [1.165, 1.54) is 13.0 Å². The molecule has 4 heteroatoms. The molecule has 0 aliphatic carbocycles. The maximum Gasteiger partial charge on any atom is 0.183 e. The van der Waals surface area contributed by atoms with E-state index < -0.39 is 12.8 Å². The highest BCUT2D eigenvalue weighted by atomic mass is 19.1. The Hall–Kier alpha value is -1.16. The van der Waals surface area contributed by atoms with E-state index in [1.807, 2.05) is 0 Å². The second kappa shape index (κ2) is 10.8. The van der Waals surface area contributed by atoms with E-state index >= 15 is 0 Å². The molecule has 0 aromatic rings. The number of nitriles is 2. The number of alkyl halides is 2. The molecule has 0 aliphatic heterocycles. The van der Waals surface area contributed by atoms with Crippen molar-refractivity contribution >= 4 is 0 Å². The standard InChI is InChI=1S/2C3H4FN/c1-3(4)2-5;4-2-1-3-5/h3H,1H3;1-2H2. The normalized spacial score (nSPS) is 9.70. The summed E-state index contributed by atoms with van der Waals surface area (Å²) < 4.78 is 21.8. The molecule has 2 nitrogen and oxygen atoms in total. The van der Waals surface area contributed by atoms with Gasteiger partial charge in [-0.1, -0.05) is 0 Å². The maximum absolute atomic E-state index is 11.1. The Kier molecular flexibility index (Phi) is 12.5. The van der Waals surface area contributed by atoms with Crippen LogP contribution in [0.5, 0.6) is 0 Å². The Balaban J connectivity index is 0. The minimum absolute atomic E-state index is 0.0278. The molecule has 0 aliphatic rings. The Bertz CT molecular complexity index is 132. The summed E-state index contributed by atoms with van der Waals surface area (Å²) in [6.07, 6.45) is -1.28. The molecule has 0 heterocycles. The lowest BCUT2D eigenvalue weighted by Gasteiger charge is -1.71. The Morgan fingerprint density at radius 1 is 1.50 bits per heavy atom. The fraction of sp³-hybridized carbons (Fsp3) is 0.667. The number of nitrogens with zero attached hydrogens (tertiary/aromatic N) is 2. The predicted molar refractivity (Wildman–Crippen MR) is 32.4 cm³/mol. The summed E-state index contributed by atoms with van der Waals surface area (Å²) in [6.45, 7) is 0.677. The predicted octanol–water partition coefficient (Wildman–Crippen LogP) is 1.74. The quantitative estimate of drug-likeness (QED) is 0.565. The number of hydrogen-bond acceptors (Lipinski definition) is 2. The van der Waals surface area contributed by atoms with Crippen LogP contribution >= 0.6 is 0 Å². The second-order valence-electron chi connectivity index (χ2n) is 1.34. The van der Waals surface area contributed by atoms with Crippen molar-refractivity contribution in [1.29, 1.82) is 10.5 Å². The van der Waals surface area contributed by atoms with Crippen molar-refractivity contribution in [3.8, 4) is 12.1 Å². The van der Waals surface area contributed by atoms with Crippen LogP contribution in [0.15, 0.2) is 0 Å². The van der Waals surface area contributed by atoms with Crippen LogP contribution in [0, 0.1) is 22.7 Å². The molecule has 1 unspecified atom stereocenters. The van der Waals surface area contributed by atoms with Crippen molar-refractivity contribution in [2.75, 3.05) is 6.67 Å². The lowest BCUT2D eigenvalue weighted by Crippen LogP contribution is -1.79. The van der Waals surface area contributed by atoms with Crippen LogP contribution in [-0.2, 0) is 0 Å². The van der Waals surface area contributed by atoms with Gasteiger partial charge < -0.3 is 0 Å². The van der Waals surface area contributed by atoms with Crippen molar-refractivity contribution in [2.45, 2.75) is 19.5 Å². The topological polar surface area (TPSA) is 47.6 Å². The van der Waals surface area contributed by atoms with E-state index in [4.69, 9.17) is 10.5 Å². The van der Waals surface area contributed by atoms with Crippen LogP contribution in [0.3, 0.4) is 0 Å². The van der Waals surface area contributed by atoms with Gasteiger partial charge in [0, 0.05) is 0 Å². The van der Waals surface area contributed by atoms with Gasteiger partial charge in [0.2, 0.25) is 0 Å². The molecule has 0 fully saturated rings. The van der Waals surface area contributed by atoms with Gasteiger partial charge in [0.15, 0.2) is 6.17 Å². The highest BCUT2D eigenvalue weighted by molar-refractivity contribution is 4.76. The first kappa shape index (κ1) is 11.6. The summed E-state index contributed by atoms with van der Waals surface area (Å²) in [6, 6.07) is 3.00. The molecule has 0 amide bonds. The average Bonchev–Trinajstić information content (AvgIpc) is 1.91. The Morgan fingerprint density at radius 3 is 1.90 bits per heavy atom. The lowest BCUT2D eigenvalue weighted by atomic mass is 10.5. The molecule has 0 saturated carbocycles. The highest BCUT2D eigenvalue weighted by Gasteiger charge is 1.84. The highest BCUT2D eigenvalue weighted by Crippen LogP contribution is 1.78. The zero-order chi connectivity index (χ0) is 8.41. The SMILES string of the molecule is CC(F)C#N.N#CCCF. The monoisotopic (exact) mass is 146 g/mol. The third-order valence-corrected chi connectivity index (χ3v) is 0.384. The minimum Gasteiger partial charge on any atom is -0.250 e.